The van der Waals surface area contributed by atoms with Crippen LogP contribution in [0.1, 0.15) is 12.8 Å². The summed E-state index contributed by atoms with van der Waals surface area (Å²) < 4.78 is 0. The lowest BCUT2D eigenvalue weighted by atomic mass is 9.98. The molecule has 0 aliphatic carbocycles. The second-order valence-corrected chi connectivity index (χ2v) is 4.27. The molecule has 0 saturated carbocycles. The zero-order valence-electron chi connectivity index (χ0n) is 8.87. The Morgan fingerprint density at radius 2 is 1.92 bits per heavy atom. The standard InChI is InChI=1S/C10H22N2O/c1-11(2)7-8-12-5-3-10(9-13)4-6-12/h10,13H,3-9H2,1-2H3. The lowest BCUT2D eigenvalue weighted by Gasteiger charge is -2.31. The van der Waals surface area contributed by atoms with E-state index in [1.807, 2.05) is 0 Å². The van der Waals surface area contributed by atoms with Crippen LogP contribution in [0.25, 0.3) is 0 Å². The number of likely N-dealkylation sites (N-methyl/N-ethyl adjacent to an activating group) is 1. The first-order chi connectivity index (χ1) is 6.22. The summed E-state index contributed by atoms with van der Waals surface area (Å²) in [4.78, 5) is 4.71. The van der Waals surface area contributed by atoms with E-state index >= 15 is 0 Å². The average molecular weight is 186 g/mol. The number of nitrogens with zero attached hydrogens (tertiary/aromatic N) is 2. The SMILES string of the molecule is CN(C)CCN1CCC(CO)CC1. The molecule has 0 aromatic rings. The van der Waals surface area contributed by atoms with E-state index in [9.17, 15) is 0 Å². The molecule has 1 aliphatic heterocycles. The van der Waals surface area contributed by atoms with Gasteiger partial charge in [-0.05, 0) is 45.9 Å². The van der Waals surface area contributed by atoms with Crippen molar-refractivity contribution in [2.45, 2.75) is 12.8 Å². The third-order valence-corrected chi connectivity index (χ3v) is 2.83. The van der Waals surface area contributed by atoms with Crippen LogP contribution in [0.5, 0.6) is 0 Å². The Morgan fingerprint density at radius 1 is 1.31 bits per heavy atom. The fourth-order valence-electron chi connectivity index (χ4n) is 1.73. The first kappa shape index (κ1) is 11.0. The number of aliphatic hydroxyl groups excluding tert-OH is 1. The third kappa shape index (κ3) is 4.07. The predicted octanol–water partition coefficient (Wildman–Crippen LogP) is 0.252. The van der Waals surface area contributed by atoms with Gasteiger partial charge < -0.3 is 14.9 Å². The molecule has 0 aromatic heterocycles. The second kappa shape index (κ2) is 5.58. The molecule has 0 atom stereocenters. The van der Waals surface area contributed by atoms with Gasteiger partial charge in [0.1, 0.15) is 0 Å². The molecule has 0 aromatic carbocycles. The topological polar surface area (TPSA) is 26.7 Å². The van der Waals surface area contributed by atoms with Crippen LogP contribution in [0.2, 0.25) is 0 Å². The molecule has 1 heterocycles. The van der Waals surface area contributed by atoms with Gasteiger partial charge in [0.2, 0.25) is 0 Å². The maximum atomic E-state index is 8.97. The Kier molecular flexibility index (Phi) is 4.70. The van der Waals surface area contributed by atoms with Crippen molar-refractivity contribution in [2.75, 3.05) is 46.9 Å². The third-order valence-electron chi connectivity index (χ3n) is 2.83. The van der Waals surface area contributed by atoms with Crippen molar-refractivity contribution in [2.24, 2.45) is 5.92 Å². The molecular formula is C10H22N2O. The molecule has 0 bridgehead atoms. The number of likely N-dealkylation sites (tertiary alicyclic amines) is 1. The Balaban J connectivity index is 2.10. The van der Waals surface area contributed by atoms with E-state index in [1.165, 1.54) is 32.5 Å². The average Bonchev–Trinajstić information content (AvgIpc) is 2.15. The Labute approximate surface area is 81.3 Å². The van der Waals surface area contributed by atoms with E-state index < -0.39 is 0 Å². The van der Waals surface area contributed by atoms with Crippen LogP contribution in [0.15, 0.2) is 0 Å². The minimum Gasteiger partial charge on any atom is -0.396 e. The van der Waals surface area contributed by atoms with E-state index in [0.29, 0.717) is 12.5 Å². The summed E-state index contributed by atoms with van der Waals surface area (Å²) in [5, 5.41) is 8.97. The second-order valence-electron chi connectivity index (χ2n) is 4.27. The van der Waals surface area contributed by atoms with Crippen LogP contribution in [0.3, 0.4) is 0 Å². The maximum Gasteiger partial charge on any atom is 0.0460 e. The molecule has 1 N–H and O–H groups in total. The molecule has 78 valence electrons. The summed E-state index contributed by atoms with van der Waals surface area (Å²) in [7, 11) is 4.22. The smallest absolute Gasteiger partial charge is 0.0460 e. The van der Waals surface area contributed by atoms with Gasteiger partial charge in [0.05, 0.1) is 0 Å². The highest BCUT2D eigenvalue weighted by atomic mass is 16.3. The van der Waals surface area contributed by atoms with Crippen molar-refractivity contribution >= 4 is 0 Å². The molecule has 0 spiro atoms. The molecule has 3 nitrogen and oxygen atoms in total. The van der Waals surface area contributed by atoms with E-state index in [-0.39, 0.29) is 0 Å². The largest absolute Gasteiger partial charge is 0.396 e. The highest BCUT2D eigenvalue weighted by Gasteiger charge is 2.17. The van der Waals surface area contributed by atoms with Gasteiger partial charge in [-0.1, -0.05) is 0 Å². The van der Waals surface area contributed by atoms with Gasteiger partial charge in [0.15, 0.2) is 0 Å². The van der Waals surface area contributed by atoms with Gasteiger partial charge in [-0.25, -0.2) is 0 Å². The number of rotatable bonds is 4. The van der Waals surface area contributed by atoms with Gasteiger partial charge >= 0.3 is 0 Å². The summed E-state index contributed by atoms with van der Waals surface area (Å²) in [6, 6.07) is 0. The highest BCUT2D eigenvalue weighted by Crippen LogP contribution is 2.15. The van der Waals surface area contributed by atoms with Crippen molar-refractivity contribution in [3.8, 4) is 0 Å². The summed E-state index contributed by atoms with van der Waals surface area (Å²) in [6.45, 7) is 5.02. The van der Waals surface area contributed by atoms with Crippen LogP contribution in [0, 0.1) is 5.92 Å². The molecular weight excluding hydrogens is 164 g/mol. The molecule has 1 rings (SSSR count). The lowest BCUT2D eigenvalue weighted by Crippen LogP contribution is -2.38. The van der Waals surface area contributed by atoms with Crippen LogP contribution in [0.4, 0.5) is 0 Å². The molecule has 0 radical (unpaired) electrons. The van der Waals surface area contributed by atoms with E-state index in [1.54, 1.807) is 0 Å². The normalized spacial score (nSPS) is 21.2. The van der Waals surface area contributed by atoms with Crippen molar-refractivity contribution in [1.29, 1.82) is 0 Å². The minimum absolute atomic E-state index is 0.377. The van der Waals surface area contributed by atoms with Crippen LogP contribution < -0.4 is 0 Å². The number of piperidine rings is 1. The Hall–Kier alpha value is -0.120. The number of hydrogen-bond donors (Lipinski definition) is 1. The zero-order valence-corrected chi connectivity index (χ0v) is 8.87. The van der Waals surface area contributed by atoms with Crippen LogP contribution >= 0.6 is 0 Å². The first-order valence-electron chi connectivity index (χ1n) is 5.20. The first-order valence-corrected chi connectivity index (χ1v) is 5.20. The van der Waals surface area contributed by atoms with Crippen molar-refractivity contribution in [1.82, 2.24) is 9.80 Å². The van der Waals surface area contributed by atoms with E-state index in [2.05, 4.69) is 23.9 Å². The van der Waals surface area contributed by atoms with Crippen molar-refractivity contribution in [3.05, 3.63) is 0 Å². The Morgan fingerprint density at radius 3 is 2.38 bits per heavy atom. The molecule has 1 fully saturated rings. The minimum atomic E-state index is 0.377. The maximum absolute atomic E-state index is 8.97. The number of aliphatic hydroxyl groups is 1. The van der Waals surface area contributed by atoms with Gasteiger partial charge in [-0.15, -0.1) is 0 Å². The summed E-state index contributed by atoms with van der Waals surface area (Å²) >= 11 is 0. The van der Waals surface area contributed by atoms with E-state index in [0.717, 1.165) is 6.54 Å². The molecule has 1 aliphatic rings. The van der Waals surface area contributed by atoms with Gasteiger partial charge in [0, 0.05) is 19.7 Å². The molecule has 13 heavy (non-hydrogen) atoms. The van der Waals surface area contributed by atoms with Gasteiger partial charge in [-0.2, -0.15) is 0 Å². The van der Waals surface area contributed by atoms with Gasteiger partial charge in [0.25, 0.3) is 0 Å². The monoisotopic (exact) mass is 186 g/mol. The summed E-state index contributed by atoms with van der Waals surface area (Å²) in [5.74, 6) is 0.565. The fraction of sp³-hybridized carbons (Fsp3) is 1.00. The fourth-order valence-corrected chi connectivity index (χ4v) is 1.73. The van der Waals surface area contributed by atoms with Crippen LogP contribution in [-0.4, -0.2) is 61.8 Å². The van der Waals surface area contributed by atoms with Gasteiger partial charge in [-0.3, -0.25) is 0 Å². The summed E-state index contributed by atoms with van der Waals surface area (Å²) in [6.07, 6.45) is 2.34. The van der Waals surface area contributed by atoms with Crippen molar-refractivity contribution in [3.63, 3.8) is 0 Å². The predicted molar refractivity (Wildman–Crippen MR) is 54.8 cm³/mol. The highest BCUT2D eigenvalue weighted by molar-refractivity contribution is 4.71. The van der Waals surface area contributed by atoms with Crippen molar-refractivity contribution < 1.29 is 5.11 Å². The van der Waals surface area contributed by atoms with E-state index in [4.69, 9.17) is 5.11 Å². The zero-order chi connectivity index (χ0) is 9.68. The molecule has 0 unspecified atom stereocenters. The molecule has 0 amide bonds. The lowest BCUT2D eigenvalue weighted by molar-refractivity contribution is 0.126. The number of hydrogen-bond acceptors (Lipinski definition) is 3. The Bertz CT molecular complexity index is 131. The quantitative estimate of drug-likeness (QED) is 0.682. The van der Waals surface area contributed by atoms with Crippen LogP contribution in [-0.2, 0) is 0 Å². The summed E-state index contributed by atoms with van der Waals surface area (Å²) in [5.41, 5.74) is 0. The molecule has 3 heteroatoms. The molecule has 1 saturated heterocycles.